The Morgan fingerprint density at radius 1 is 1.05 bits per heavy atom. The number of benzene rings is 1. The van der Waals surface area contributed by atoms with Crippen molar-refractivity contribution in [3.05, 3.63) is 29.3 Å². The minimum absolute atomic E-state index is 0.0420. The summed E-state index contributed by atoms with van der Waals surface area (Å²) in [6.07, 6.45) is 3.39. The van der Waals surface area contributed by atoms with Crippen LogP contribution in [0.5, 0.6) is 17.8 Å². The van der Waals surface area contributed by atoms with Crippen LogP contribution < -0.4 is 15.2 Å². The molecule has 2 aromatic rings. The van der Waals surface area contributed by atoms with Gasteiger partial charge < -0.3 is 15.2 Å². The van der Waals surface area contributed by atoms with Crippen molar-refractivity contribution >= 4 is 5.95 Å². The molecule has 0 atom stereocenters. The summed E-state index contributed by atoms with van der Waals surface area (Å²) in [6.45, 7) is 3.78. The molecule has 0 fully saturated rings. The third-order valence-corrected chi connectivity index (χ3v) is 3.23. The number of ether oxygens (including phenoxy) is 2. The number of anilines is 1. The van der Waals surface area contributed by atoms with Gasteiger partial charge in [-0.2, -0.15) is 9.97 Å². The quantitative estimate of drug-likeness (QED) is 0.929. The fourth-order valence-corrected chi connectivity index (χ4v) is 2.38. The van der Waals surface area contributed by atoms with E-state index in [1.807, 2.05) is 26.0 Å². The maximum Gasteiger partial charge on any atom is 0.330 e. The molecule has 3 rings (SSSR count). The van der Waals surface area contributed by atoms with Crippen LogP contribution in [0.1, 0.15) is 31.4 Å². The Morgan fingerprint density at radius 3 is 2.62 bits per heavy atom. The second kappa shape index (κ2) is 5.55. The highest BCUT2D eigenvalue weighted by Gasteiger charge is 2.13. The first-order valence-corrected chi connectivity index (χ1v) is 7.08. The topological polar surface area (TPSA) is 83.2 Å². The lowest BCUT2D eigenvalue weighted by Gasteiger charge is -2.10. The number of aryl methyl sites for hydroxylation is 2. The minimum atomic E-state index is -0.0420. The van der Waals surface area contributed by atoms with Gasteiger partial charge in [0.2, 0.25) is 5.95 Å². The van der Waals surface area contributed by atoms with Crippen LogP contribution >= 0.6 is 0 Å². The van der Waals surface area contributed by atoms with Crippen molar-refractivity contribution in [2.45, 2.75) is 39.2 Å². The summed E-state index contributed by atoms with van der Waals surface area (Å²) >= 11 is 0. The van der Waals surface area contributed by atoms with Crippen LogP contribution in [-0.4, -0.2) is 21.1 Å². The van der Waals surface area contributed by atoms with Crippen LogP contribution in [0.4, 0.5) is 5.95 Å². The Morgan fingerprint density at radius 2 is 1.81 bits per heavy atom. The molecule has 6 heteroatoms. The van der Waals surface area contributed by atoms with Gasteiger partial charge in [-0.15, -0.1) is 4.98 Å². The van der Waals surface area contributed by atoms with Gasteiger partial charge in [-0.25, -0.2) is 0 Å². The van der Waals surface area contributed by atoms with Crippen LogP contribution in [-0.2, 0) is 12.8 Å². The molecule has 1 aromatic heterocycles. The molecule has 0 aliphatic heterocycles. The fraction of sp³-hybridized carbons (Fsp3) is 0.400. The Kier molecular flexibility index (Phi) is 3.60. The lowest BCUT2D eigenvalue weighted by atomic mass is 10.1. The molecule has 6 nitrogen and oxygen atoms in total. The summed E-state index contributed by atoms with van der Waals surface area (Å²) in [5, 5.41) is 0. The average Bonchev–Trinajstić information content (AvgIpc) is 2.84. The van der Waals surface area contributed by atoms with Gasteiger partial charge in [-0.1, -0.05) is 6.07 Å². The Balaban J connectivity index is 1.82. The van der Waals surface area contributed by atoms with E-state index in [-0.39, 0.29) is 24.1 Å². The van der Waals surface area contributed by atoms with E-state index < -0.39 is 0 Å². The number of nitrogen functional groups attached to an aromatic ring is 1. The van der Waals surface area contributed by atoms with Gasteiger partial charge in [0.25, 0.3) is 0 Å². The zero-order chi connectivity index (χ0) is 14.8. The molecule has 21 heavy (non-hydrogen) atoms. The van der Waals surface area contributed by atoms with Gasteiger partial charge in [-0.3, -0.25) is 0 Å². The number of nitrogens with zero attached hydrogens (tertiary/aromatic N) is 3. The van der Waals surface area contributed by atoms with Crippen molar-refractivity contribution in [1.82, 2.24) is 15.0 Å². The maximum atomic E-state index is 5.68. The Labute approximate surface area is 123 Å². The minimum Gasteiger partial charge on any atom is -0.461 e. The first-order chi connectivity index (χ1) is 10.1. The van der Waals surface area contributed by atoms with E-state index in [1.165, 1.54) is 17.5 Å². The van der Waals surface area contributed by atoms with Gasteiger partial charge in [-0.05, 0) is 56.4 Å². The van der Waals surface area contributed by atoms with Gasteiger partial charge in [0.1, 0.15) is 5.75 Å². The molecule has 1 aliphatic carbocycles. The summed E-state index contributed by atoms with van der Waals surface area (Å²) in [5.74, 6) is 0.786. The first kappa shape index (κ1) is 13.6. The van der Waals surface area contributed by atoms with Crippen LogP contribution in [0.15, 0.2) is 18.2 Å². The summed E-state index contributed by atoms with van der Waals surface area (Å²) < 4.78 is 11.1. The van der Waals surface area contributed by atoms with E-state index in [0.717, 1.165) is 12.8 Å². The smallest absolute Gasteiger partial charge is 0.330 e. The fourth-order valence-electron chi connectivity index (χ4n) is 2.38. The van der Waals surface area contributed by atoms with Crippen molar-refractivity contribution < 1.29 is 9.47 Å². The maximum absolute atomic E-state index is 5.68. The highest BCUT2D eigenvalue weighted by atomic mass is 16.5. The molecule has 2 N–H and O–H groups in total. The summed E-state index contributed by atoms with van der Waals surface area (Å²) in [7, 11) is 0. The monoisotopic (exact) mass is 286 g/mol. The molecule has 1 aromatic carbocycles. The Bertz CT molecular complexity index is 658. The van der Waals surface area contributed by atoms with E-state index in [4.69, 9.17) is 15.2 Å². The van der Waals surface area contributed by atoms with Gasteiger partial charge in [0.05, 0.1) is 6.10 Å². The molecule has 110 valence electrons. The summed E-state index contributed by atoms with van der Waals surface area (Å²) in [5.41, 5.74) is 8.37. The third-order valence-electron chi connectivity index (χ3n) is 3.23. The normalized spacial score (nSPS) is 13.3. The SMILES string of the molecule is CC(C)Oc1nc(N)nc(Oc2ccc3c(c2)CCC3)n1. The van der Waals surface area contributed by atoms with Gasteiger partial charge in [0, 0.05) is 0 Å². The largest absolute Gasteiger partial charge is 0.461 e. The first-order valence-electron chi connectivity index (χ1n) is 7.08. The molecule has 1 aliphatic rings. The lowest BCUT2D eigenvalue weighted by Crippen LogP contribution is -2.11. The Hall–Kier alpha value is -2.37. The molecular formula is C15H18N4O2. The zero-order valence-electron chi connectivity index (χ0n) is 12.2. The molecule has 0 spiro atoms. The predicted molar refractivity (Wildman–Crippen MR) is 78.5 cm³/mol. The molecule has 1 heterocycles. The molecule has 0 radical (unpaired) electrons. The number of rotatable bonds is 4. The molecule has 0 unspecified atom stereocenters. The number of hydrogen-bond acceptors (Lipinski definition) is 6. The molecule has 0 saturated carbocycles. The van der Waals surface area contributed by atoms with E-state index >= 15 is 0 Å². The zero-order valence-corrected chi connectivity index (χ0v) is 12.2. The second-order valence-corrected chi connectivity index (χ2v) is 5.31. The lowest BCUT2D eigenvalue weighted by molar-refractivity contribution is 0.219. The number of nitrogens with two attached hydrogens (primary N) is 1. The van der Waals surface area contributed by atoms with E-state index in [0.29, 0.717) is 5.75 Å². The van der Waals surface area contributed by atoms with Crippen molar-refractivity contribution in [2.75, 3.05) is 5.73 Å². The highest BCUT2D eigenvalue weighted by molar-refractivity contribution is 5.39. The van der Waals surface area contributed by atoms with Crippen LogP contribution in [0, 0.1) is 0 Å². The molecule has 0 saturated heterocycles. The van der Waals surface area contributed by atoms with Crippen molar-refractivity contribution in [1.29, 1.82) is 0 Å². The second-order valence-electron chi connectivity index (χ2n) is 5.31. The van der Waals surface area contributed by atoms with Gasteiger partial charge >= 0.3 is 12.0 Å². The molecule has 0 bridgehead atoms. The summed E-state index contributed by atoms with van der Waals surface area (Å²) in [6, 6.07) is 6.37. The van der Waals surface area contributed by atoms with E-state index in [9.17, 15) is 0 Å². The summed E-state index contributed by atoms with van der Waals surface area (Å²) in [4.78, 5) is 12.0. The van der Waals surface area contributed by atoms with Gasteiger partial charge in [0.15, 0.2) is 0 Å². The van der Waals surface area contributed by atoms with Crippen molar-refractivity contribution in [2.24, 2.45) is 0 Å². The third kappa shape index (κ3) is 3.21. The van der Waals surface area contributed by atoms with Crippen LogP contribution in [0.2, 0.25) is 0 Å². The average molecular weight is 286 g/mol. The van der Waals surface area contributed by atoms with Crippen LogP contribution in [0.3, 0.4) is 0 Å². The van der Waals surface area contributed by atoms with Crippen molar-refractivity contribution in [3.63, 3.8) is 0 Å². The molecular weight excluding hydrogens is 268 g/mol. The standard InChI is InChI=1S/C15H18N4O2/c1-9(2)20-14-17-13(16)18-15(19-14)21-12-7-6-10-4-3-5-11(10)8-12/h6-9H,3-5H2,1-2H3,(H2,16,17,18,19). The highest BCUT2D eigenvalue weighted by Crippen LogP contribution is 2.28. The number of aromatic nitrogens is 3. The van der Waals surface area contributed by atoms with Crippen molar-refractivity contribution in [3.8, 4) is 17.8 Å². The van der Waals surface area contributed by atoms with E-state index in [1.54, 1.807) is 0 Å². The van der Waals surface area contributed by atoms with Crippen LogP contribution in [0.25, 0.3) is 0 Å². The molecule has 0 amide bonds. The number of hydrogen-bond donors (Lipinski definition) is 1. The van der Waals surface area contributed by atoms with E-state index in [2.05, 4.69) is 21.0 Å². The number of fused-ring (bicyclic) bond motifs is 1. The predicted octanol–water partition coefficient (Wildman–Crippen LogP) is 2.52.